The molecule has 0 bridgehead atoms. The minimum atomic E-state index is -4.99. The Hall–Kier alpha value is -4.50. The van der Waals surface area contributed by atoms with Crippen LogP contribution in [-0.4, -0.2) is 80.5 Å². The number of aryl methyl sites for hydroxylation is 1. The Kier molecular flexibility index (Phi) is 9.17. The molecule has 3 unspecified atom stereocenters. The predicted octanol–water partition coefficient (Wildman–Crippen LogP) is 5.10. The third-order valence-electron chi connectivity index (χ3n) is 9.41. The molecule has 11 nitrogen and oxygen atoms in total. The SMILES string of the molecule is Cc1ccn(C2C=C(c3cccc(F)c3)C=CC2(OC(C)C)C(Oc2cc(N3CCC4(CC3)CN[C@H](C(=O)O)C4)nc(N)n2)C(F)(F)F)n1. The lowest BCUT2D eigenvalue weighted by atomic mass is 9.76. The summed E-state index contributed by atoms with van der Waals surface area (Å²) in [5.74, 6) is -1.75. The predicted molar refractivity (Wildman–Crippen MR) is 173 cm³/mol. The highest BCUT2D eigenvalue weighted by Gasteiger charge is 2.61. The number of nitrogen functional groups attached to an aromatic ring is 1. The second-order valence-electron chi connectivity index (χ2n) is 13.3. The van der Waals surface area contributed by atoms with Gasteiger partial charge in [-0.05, 0) is 86.9 Å². The molecule has 0 radical (unpaired) electrons. The normalized spacial score (nSPS) is 24.3. The van der Waals surface area contributed by atoms with Gasteiger partial charge in [-0.1, -0.05) is 18.2 Å². The summed E-state index contributed by atoms with van der Waals surface area (Å²) in [5, 5.41) is 17.0. The van der Waals surface area contributed by atoms with Crippen molar-refractivity contribution in [2.45, 2.75) is 76.1 Å². The Labute approximate surface area is 280 Å². The largest absolute Gasteiger partial charge is 0.480 e. The number of carboxylic acid groups (broad SMARTS) is 1. The van der Waals surface area contributed by atoms with Crippen molar-refractivity contribution in [2.75, 3.05) is 30.3 Å². The first-order valence-corrected chi connectivity index (χ1v) is 16.1. The van der Waals surface area contributed by atoms with Gasteiger partial charge in [0.2, 0.25) is 17.9 Å². The molecule has 49 heavy (non-hydrogen) atoms. The zero-order valence-corrected chi connectivity index (χ0v) is 27.3. The van der Waals surface area contributed by atoms with Gasteiger partial charge >= 0.3 is 12.1 Å². The molecule has 4 N–H and O–H groups in total. The lowest BCUT2D eigenvalue weighted by Crippen LogP contribution is -2.60. The second-order valence-corrected chi connectivity index (χ2v) is 13.3. The van der Waals surface area contributed by atoms with Crippen molar-refractivity contribution >= 4 is 23.3 Å². The quantitative estimate of drug-likeness (QED) is 0.261. The van der Waals surface area contributed by atoms with Gasteiger partial charge in [0.25, 0.3) is 0 Å². The first kappa shape index (κ1) is 34.4. The van der Waals surface area contributed by atoms with Crippen LogP contribution < -0.4 is 20.7 Å². The fraction of sp³-hybridized carbons (Fsp3) is 0.471. The van der Waals surface area contributed by atoms with Crippen molar-refractivity contribution in [3.8, 4) is 5.88 Å². The number of hydrogen-bond acceptors (Lipinski definition) is 9. The number of anilines is 2. The van der Waals surface area contributed by atoms with E-state index in [1.54, 1.807) is 45.2 Å². The van der Waals surface area contributed by atoms with E-state index in [2.05, 4.69) is 20.4 Å². The highest BCUT2D eigenvalue weighted by Crippen LogP contribution is 2.47. The van der Waals surface area contributed by atoms with Crippen LogP contribution in [0.25, 0.3) is 5.57 Å². The zero-order valence-electron chi connectivity index (χ0n) is 27.3. The van der Waals surface area contributed by atoms with E-state index in [1.807, 2.05) is 4.90 Å². The third kappa shape index (κ3) is 7.13. The van der Waals surface area contributed by atoms with Gasteiger partial charge in [0.15, 0.2) is 5.60 Å². The highest BCUT2D eigenvalue weighted by atomic mass is 19.4. The fourth-order valence-electron chi connectivity index (χ4n) is 7.10. The van der Waals surface area contributed by atoms with Gasteiger partial charge in [-0.25, -0.2) is 4.39 Å². The maximum absolute atomic E-state index is 15.4. The topological polar surface area (TPSA) is 141 Å². The molecule has 2 aliphatic heterocycles. The van der Waals surface area contributed by atoms with Crippen LogP contribution in [0.2, 0.25) is 0 Å². The monoisotopic (exact) mass is 685 g/mol. The third-order valence-corrected chi connectivity index (χ3v) is 9.41. The van der Waals surface area contributed by atoms with Crippen LogP contribution in [0, 0.1) is 18.2 Å². The summed E-state index contributed by atoms with van der Waals surface area (Å²) >= 11 is 0. The average Bonchev–Trinajstić information content (AvgIpc) is 3.65. The Morgan fingerprint density at radius 2 is 1.92 bits per heavy atom. The number of piperidine rings is 1. The van der Waals surface area contributed by atoms with Gasteiger partial charge in [-0.15, -0.1) is 0 Å². The maximum atomic E-state index is 15.4. The van der Waals surface area contributed by atoms with Gasteiger partial charge in [-0.2, -0.15) is 28.2 Å². The molecule has 3 aromatic rings. The molecule has 0 saturated carbocycles. The Morgan fingerprint density at radius 3 is 2.53 bits per heavy atom. The van der Waals surface area contributed by atoms with Crippen LogP contribution in [0.5, 0.6) is 5.88 Å². The molecule has 4 heterocycles. The summed E-state index contributed by atoms with van der Waals surface area (Å²) in [6.07, 6.45) is -0.549. The number of ether oxygens (including phenoxy) is 2. The minimum absolute atomic E-state index is 0.190. The van der Waals surface area contributed by atoms with Gasteiger partial charge in [0.1, 0.15) is 23.7 Å². The van der Waals surface area contributed by atoms with Crippen LogP contribution in [-0.2, 0) is 9.53 Å². The molecule has 4 atom stereocenters. The van der Waals surface area contributed by atoms with E-state index >= 15 is 13.2 Å². The number of aliphatic carboxylic acids is 1. The summed E-state index contributed by atoms with van der Waals surface area (Å²) in [7, 11) is 0. The zero-order chi connectivity index (χ0) is 35.1. The summed E-state index contributed by atoms with van der Waals surface area (Å²) < 4.78 is 73.8. The molecule has 0 amide bonds. The molecule has 262 valence electrons. The number of nitrogens with zero attached hydrogens (tertiary/aromatic N) is 5. The van der Waals surface area contributed by atoms with Crippen LogP contribution in [0.4, 0.5) is 29.3 Å². The molecule has 3 aliphatic rings. The van der Waals surface area contributed by atoms with E-state index in [0.29, 0.717) is 61.5 Å². The Bertz CT molecular complexity index is 1750. The summed E-state index contributed by atoms with van der Waals surface area (Å²) in [5.41, 5.74) is 5.17. The molecular formula is C34H39F4N7O4. The van der Waals surface area contributed by atoms with Crippen molar-refractivity contribution < 1.29 is 36.9 Å². The number of carboxylic acids is 1. The van der Waals surface area contributed by atoms with E-state index in [9.17, 15) is 14.3 Å². The van der Waals surface area contributed by atoms with Crippen LogP contribution in [0.3, 0.4) is 0 Å². The van der Waals surface area contributed by atoms with Crippen molar-refractivity contribution in [1.29, 1.82) is 0 Å². The summed E-state index contributed by atoms with van der Waals surface area (Å²) in [6, 6.07) is 6.98. The van der Waals surface area contributed by atoms with E-state index in [1.165, 1.54) is 41.1 Å². The van der Waals surface area contributed by atoms with E-state index in [0.717, 1.165) is 0 Å². The van der Waals surface area contributed by atoms with Crippen molar-refractivity contribution in [3.63, 3.8) is 0 Å². The molecule has 1 spiro atoms. The second kappa shape index (κ2) is 13.1. The van der Waals surface area contributed by atoms with Gasteiger partial charge in [-0.3, -0.25) is 9.48 Å². The molecule has 1 aromatic carbocycles. The van der Waals surface area contributed by atoms with E-state index in [4.69, 9.17) is 15.2 Å². The smallest absolute Gasteiger partial charge is 0.428 e. The highest BCUT2D eigenvalue weighted by molar-refractivity contribution is 5.76. The number of nitrogens with one attached hydrogen (secondary N) is 1. The number of halogens is 4. The summed E-state index contributed by atoms with van der Waals surface area (Å²) in [6.45, 7) is 6.53. The lowest BCUT2D eigenvalue weighted by molar-refractivity contribution is -0.260. The Balaban J connectivity index is 1.35. The van der Waals surface area contributed by atoms with E-state index < -0.39 is 53.7 Å². The van der Waals surface area contributed by atoms with Crippen LogP contribution in [0.1, 0.15) is 50.4 Å². The van der Waals surface area contributed by atoms with E-state index in [-0.39, 0.29) is 11.4 Å². The number of rotatable bonds is 9. The fourth-order valence-corrected chi connectivity index (χ4v) is 7.10. The number of alkyl halides is 3. The minimum Gasteiger partial charge on any atom is -0.480 e. The van der Waals surface area contributed by atoms with Crippen molar-refractivity contribution in [3.05, 3.63) is 77.9 Å². The first-order chi connectivity index (χ1) is 23.2. The number of nitrogens with two attached hydrogens (primary N) is 1. The van der Waals surface area contributed by atoms with Crippen molar-refractivity contribution in [1.82, 2.24) is 25.1 Å². The molecule has 15 heteroatoms. The molecule has 2 fully saturated rings. The van der Waals surface area contributed by atoms with Gasteiger partial charge in [0.05, 0.1) is 11.8 Å². The molecule has 1 aliphatic carbocycles. The van der Waals surface area contributed by atoms with Gasteiger partial charge < -0.3 is 30.5 Å². The molecule has 2 aromatic heterocycles. The first-order valence-electron chi connectivity index (χ1n) is 16.1. The molecule has 6 rings (SSSR count). The van der Waals surface area contributed by atoms with Crippen molar-refractivity contribution in [2.24, 2.45) is 5.41 Å². The summed E-state index contributed by atoms with van der Waals surface area (Å²) in [4.78, 5) is 21.7. The maximum Gasteiger partial charge on any atom is 0.428 e. The molecular weight excluding hydrogens is 646 g/mol. The number of carbonyl (C=O) groups is 1. The van der Waals surface area contributed by atoms with Crippen LogP contribution >= 0.6 is 0 Å². The van der Waals surface area contributed by atoms with Crippen LogP contribution in [0.15, 0.2) is 60.8 Å². The Morgan fingerprint density at radius 1 is 1.16 bits per heavy atom. The average molecular weight is 686 g/mol. The number of aromatic nitrogens is 4. The number of hydrogen-bond donors (Lipinski definition) is 3. The molecule has 2 saturated heterocycles. The number of benzene rings is 1. The number of allylic oxidation sites excluding steroid dienone is 2. The standard InChI is InChI=1S/C34H39F4N7O4/c1-20(2)49-33(9-7-23(22-5-4-6-24(35)15-22)16-26(33)45-12-8-21(3)43-45)30(34(36,37)38)48-28-17-27(41-31(39)42-28)44-13-10-32(11-14-44)18-25(29(46)47)40-19-32/h4-9,12,15-17,20,25-26,30,40H,10-11,13-14,18-19H2,1-3H3,(H,46,47)(H2,39,41,42)/t25-,26?,30?,33?/m0/s1. The van der Waals surface area contributed by atoms with Gasteiger partial charge in [0, 0.05) is 31.9 Å². The lowest BCUT2D eigenvalue weighted by Gasteiger charge is -2.45.